The van der Waals surface area contributed by atoms with Crippen LogP contribution in [0, 0.1) is 0 Å². The summed E-state index contributed by atoms with van der Waals surface area (Å²) in [6, 6.07) is 13.3. The van der Waals surface area contributed by atoms with Crippen LogP contribution >= 0.6 is 24.0 Å². The summed E-state index contributed by atoms with van der Waals surface area (Å²) in [5.74, 6) is 2.17. The van der Waals surface area contributed by atoms with Gasteiger partial charge in [0.25, 0.3) is 0 Å². The number of ether oxygens (including phenoxy) is 2. The van der Waals surface area contributed by atoms with Gasteiger partial charge in [0.15, 0.2) is 17.5 Å². The maximum atomic E-state index is 10.2. The van der Waals surface area contributed by atoms with Gasteiger partial charge < -0.3 is 24.8 Å². The summed E-state index contributed by atoms with van der Waals surface area (Å²) in [7, 11) is 5.18. The summed E-state index contributed by atoms with van der Waals surface area (Å²) in [5.41, 5.74) is 1.79. The third kappa shape index (κ3) is 6.20. The Labute approximate surface area is 178 Å². The largest absolute Gasteiger partial charge is 0.504 e. The molecule has 2 rings (SSSR count). The Morgan fingerprint density at radius 1 is 1.04 bits per heavy atom. The Morgan fingerprint density at radius 3 is 2.33 bits per heavy atom. The zero-order valence-corrected chi connectivity index (χ0v) is 18.6. The molecule has 0 aliphatic rings. The van der Waals surface area contributed by atoms with Crippen molar-refractivity contribution >= 4 is 29.9 Å². The number of methoxy groups -OCH3 is 2. The maximum Gasteiger partial charge on any atom is 0.194 e. The van der Waals surface area contributed by atoms with E-state index in [-0.39, 0.29) is 29.7 Å². The lowest BCUT2D eigenvalue weighted by atomic mass is 10.2. The molecule has 148 valence electrons. The molecule has 0 radical (unpaired) electrons. The fraction of sp³-hybridized carbons (Fsp3) is 0.350. The van der Waals surface area contributed by atoms with Crippen molar-refractivity contribution in [3.05, 3.63) is 53.6 Å². The standard InChI is InChI=1S/C20H27N3O3.HI/c1-5-21-20(22-13-15-10-8-12-18(26-4)19(15)24)23(2)14-16-9-6-7-11-17(16)25-3;/h6-12,24H,5,13-14H2,1-4H3,(H,21,22);1H. The zero-order valence-electron chi connectivity index (χ0n) is 16.2. The molecule has 0 spiro atoms. The molecule has 0 heterocycles. The van der Waals surface area contributed by atoms with Crippen molar-refractivity contribution < 1.29 is 14.6 Å². The van der Waals surface area contributed by atoms with Gasteiger partial charge in [-0.3, -0.25) is 0 Å². The van der Waals surface area contributed by atoms with Gasteiger partial charge in [-0.25, -0.2) is 4.99 Å². The second-order valence-corrected chi connectivity index (χ2v) is 5.81. The number of phenols is 1. The topological polar surface area (TPSA) is 66.3 Å². The Bertz CT molecular complexity index is 753. The molecule has 2 N–H and O–H groups in total. The number of benzene rings is 2. The number of nitrogens with one attached hydrogen (secondary N) is 1. The van der Waals surface area contributed by atoms with E-state index in [2.05, 4.69) is 10.3 Å². The zero-order chi connectivity index (χ0) is 18.9. The van der Waals surface area contributed by atoms with Gasteiger partial charge in [0.2, 0.25) is 0 Å². The molecule has 0 unspecified atom stereocenters. The SMILES string of the molecule is CCNC(=NCc1cccc(OC)c1O)N(C)Cc1ccccc1OC.I. The van der Waals surface area contributed by atoms with E-state index in [1.165, 1.54) is 7.11 Å². The number of rotatable bonds is 7. The van der Waals surface area contributed by atoms with Crippen molar-refractivity contribution in [1.82, 2.24) is 10.2 Å². The number of aromatic hydroxyl groups is 1. The first-order valence-corrected chi connectivity index (χ1v) is 8.56. The second kappa shape index (κ2) is 11.5. The lowest BCUT2D eigenvalue weighted by Crippen LogP contribution is -2.38. The number of hydrogen-bond donors (Lipinski definition) is 2. The van der Waals surface area contributed by atoms with Crippen LogP contribution in [0.15, 0.2) is 47.5 Å². The highest BCUT2D eigenvalue weighted by Gasteiger charge is 2.11. The molecule has 7 heteroatoms. The molecular formula is C20H28IN3O3. The monoisotopic (exact) mass is 485 g/mol. The highest BCUT2D eigenvalue weighted by molar-refractivity contribution is 14.0. The van der Waals surface area contributed by atoms with Crippen molar-refractivity contribution in [1.29, 1.82) is 0 Å². The summed E-state index contributed by atoms with van der Waals surface area (Å²) in [5, 5.41) is 13.5. The van der Waals surface area contributed by atoms with E-state index in [0.29, 0.717) is 24.4 Å². The van der Waals surface area contributed by atoms with Crippen molar-refractivity contribution in [2.45, 2.75) is 20.0 Å². The normalized spacial score (nSPS) is 10.7. The Kier molecular flexibility index (Phi) is 9.77. The summed E-state index contributed by atoms with van der Waals surface area (Å²) in [6.45, 7) is 3.77. The summed E-state index contributed by atoms with van der Waals surface area (Å²) in [4.78, 5) is 6.67. The van der Waals surface area contributed by atoms with Crippen LogP contribution in [0.2, 0.25) is 0 Å². The Morgan fingerprint density at radius 2 is 1.67 bits per heavy atom. The number of nitrogens with zero attached hydrogens (tertiary/aromatic N) is 2. The average molecular weight is 485 g/mol. The predicted octanol–water partition coefficient (Wildman–Crippen LogP) is 3.62. The molecule has 2 aromatic rings. The van der Waals surface area contributed by atoms with Gasteiger partial charge in [-0.05, 0) is 19.1 Å². The van der Waals surface area contributed by atoms with Crippen LogP contribution in [-0.4, -0.2) is 43.8 Å². The Hall–Kier alpha value is -2.16. The molecule has 0 amide bonds. The van der Waals surface area contributed by atoms with Gasteiger partial charge >= 0.3 is 0 Å². The molecule has 0 fully saturated rings. The molecule has 0 atom stereocenters. The third-order valence-electron chi connectivity index (χ3n) is 4.00. The smallest absolute Gasteiger partial charge is 0.194 e. The molecule has 0 saturated carbocycles. The molecular weight excluding hydrogens is 457 g/mol. The van der Waals surface area contributed by atoms with Crippen LogP contribution in [0.3, 0.4) is 0 Å². The predicted molar refractivity (Wildman–Crippen MR) is 119 cm³/mol. The number of guanidine groups is 1. The van der Waals surface area contributed by atoms with E-state index < -0.39 is 0 Å². The van der Waals surface area contributed by atoms with E-state index in [1.807, 2.05) is 55.3 Å². The van der Waals surface area contributed by atoms with Crippen LogP contribution < -0.4 is 14.8 Å². The number of hydrogen-bond acceptors (Lipinski definition) is 4. The Balaban J connectivity index is 0.00000364. The van der Waals surface area contributed by atoms with E-state index >= 15 is 0 Å². The highest BCUT2D eigenvalue weighted by Crippen LogP contribution is 2.29. The minimum atomic E-state index is 0. The first-order valence-electron chi connectivity index (χ1n) is 8.56. The van der Waals surface area contributed by atoms with Gasteiger partial charge in [-0.2, -0.15) is 0 Å². The van der Waals surface area contributed by atoms with E-state index in [9.17, 15) is 5.11 Å². The number of phenolic OH excluding ortho intramolecular Hbond substituents is 1. The van der Waals surface area contributed by atoms with Crippen LogP contribution in [0.1, 0.15) is 18.1 Å². The number of aliphatic imine (C=N–C) groups is 1. The number of para-hydroxylation sites is 2. The van der Waals surface area contributed by atoms with Crippen LogP contribution in [0.5, 0.6) is 17.2 Å². The molecule has 0 bridgehead atoms. The van der Waals surface area contributed by atoms with Gasteiger partial charge in [0.05, 0.1) is 20.8 Å². The molecule has 2 aromatic carbocycles. The molecule has 6 nitrogen and oxygen atoms in total. The van der Waals surface area contributed by atoms with Crippen LogP contribution in [0.25, 0.3) is 0 Å². The fourth-order valence-electron chi connectivity index (χ4n) is 2.65. The average Bonchev–Trinajstić information content (AvgIpc) is 2.66. The summed E-state index contributed by atoms with van der Waals surface area (Å²) in [6.07, 6.45) is 0. The first-order chi connectivity index (χ1) is 12.6. The molecule has 27 heavy (non-hydrogen) atoms. The van der Waals surface area contributed by atoms with Gasteiger partial charge in [0, 0.05) is 31.3 Å². The van der Waals surface area contributed by atoms with E-state index in [0.717, 1.165) is 23.8 Å². The van der Waals surface area contributed by atoms with Crippen LogP contribution in [-0.2, 0) is 13.1 Å². The van der Waals surface area contributed by atoms with Crippen molar-refractivity contribution in [3.8, 4) is 17.2 Å². The molecule has 0 aliphatic heterocycles. The van der Waals surface area contributed by atoms with Crippen molar-refractivity contribution in [3.63, 3.8) is 0 Å². The van der Waals surface area contributed by atoms with Gasteiger partial charge in [-0.1, -0.05) is 30.3 Å². The molecule has 0 aromatic heterocycles. The van der Waals surface area contributed by atoms with E-state index in [1.54, 1.807) is 13.2 Å². The highest BCUT2D eigenvalue weighted by atomic mass is 127. The number of halogens is 1. The molecule has 0 aliphatic carbocycles. The lowest BCUT2D eigenvalue weighted by Gasteiger charge is -2.23. The van der Waals surface area contributed by atoms with Crippen molar-refractivity contribution in [2.24, 2.45) is 4.99 Å². The minimum absolute atomic E-state index is 0. The first kappa shape index (κ1) is 22.9. The minimum Gasteiger partial charge on any atom is -0.504 e. The van der Waals surface area contributed by atoms with E-state index in [4.69, 9.17) is 9.47 Å². The van der Waals surface area contributed by atoms with Crippen LogP contribution in [0.4, 0.5) is 0 Å². The lowest BCUT2D eigenvalue weighted by molar-refractivity contribution is 0.370. The third-order valence-corrected chi connectivity index (χ3v) is 4.00. The second-order valence-electron chi connectivity index (χ2n) is 5.81. The summed E-state index contributed by atoms with van der Waals surface area (Å²) < 4.78 is 10.6. The van der Waals surface area contributed by atoms with Crippen molar-refractivity contribution in [2.75, 3.05) is 27.8 Å². The summed E-state index contributed by atoms with van der Waals surface area (Å²) >= 11 is 0. The molecule has 0 saturated heterocycles. The maximum absolute atomic E-state index is 10.2. The van der Waals surface area contributed by atoms with Gasteiger partial charge in [0.1, 0.15) is 5.75 Å². The quantitative estimate of drug-likeness (QED) is 0.356. The van der Waals surface area contributed by atoms with Gasteiger partial charge in [-0.15, -0.1) is 24.0 Å². The fourth-order valence-corrected chi connectivity index (χ4v) is 2.65.